The van der Waals surface area contributed by atoms with Crippen LogP contribution in [0.3, 0.4) is 0 Å². The Bertz CT molecular complexity index is 678. The van der Waals surface area contributed by atoms with Crippen LogP contribution in [0.4, 0.5) is 5.69 Å². The SMILES string of the molecule is O=C(C=C(O)c1ccccc1)C(=O)Nc1ccc(Br)cc1. The maximum absolute atomic E-state index is 11.7. The van der Waals surface area contributed by atoms with Gasteiger partial charge in [0.15, 0.2) is 0 Å². The van der Waals surface area contributed by atoms with Gasteiger partial charge >= 0.3 is 0 Å². The fraction of sp³-hybridized carbons (Fsp3) is 0. The molecule has 0 aliphatic rings. The summed E-state index contributed by atoms with van der Waals surface area (Å²) in [5.74, 6) is -1.87. The van der Waals surface area contributed by atoms with E-state index in [9.17, 15) is 14.7 Å². The van der Waals surface area contributed by atoms with Gasteiger partial charge in [0.25, 0.3) is 5.91 Å². The second kappa shape index (κ2) is 6.85. The van der Waals surface area contributed by atoms with E-state index in [1.807, 2.05) is 0 Å². The summed E-state index contributed by atoms with van der Waals surface area (Å²) in [6, 6.07) is 15.4. The Kier molecular flexibility index (Phi) is 4.90. The summed E-state index contributed by atoms with van der Waals surface area (Å²) in [5.41, 5.74) is 0.978. The van der Waals surface area contributed by atoms with Crippen LogP contribution < -0.4 is 5.32 Å². The molecule has 0 saturated carbocycles. The monoisotopic (exact) mass is 345 g/mol. The van der Waals surface area contributed by atoms with Crippen LogP contribution in [0.1, 0.15) is 5.56 Å². The number of aliphatic hydroxyl groups excluding tert-OH is 1. The van der Waals surface area contributed by atoms with E-state index in [1.165, 1.54) is 0 Å². The van der Waals surface area contributed by atoms with Crippen molar-refractivity contribution in [2.75, 3.05) is 5.32 Å². The van der Waals surface area contributed by atoms with Crippen molar-refractivity contribution in [3.05, 3.63) is 70.7 Å². The molecule has 21 heavy (non-hydrogen) atoms. The number of halogens is 1. The molecule has 0 unspecified atom stereocenters. The fourth-order valence-electron chi connectivity index (χ4n) is 1.61. The number of carbonyl (C=O) groups is 2. The molecular formula is C16H12BrNO3. The third-order valence-electron chi connectivity index (χ3n) is 2.66. The highest BCUT2D eigenvalue weighted by atomic mass is 79.9. The number of aliphatic hydroxyl groups is 1. The summed E-state index contributed by atoms with van der Waals surface area (Å²) in [4.78, 5) is 23.5. The van der Waals surface area contributed by atoms with Crippen LogP contribution in [-0.2, 0) is 9.59 Å². The van der Waals surface area contributed by atoms with E-state index in [0.717, 1.165) is 10.5 Å². The average molecular weight is 346 g/mol. The van der Waals surface area contributed by atoms with Gasteiger partial charge in [0, 0.05) is 21.8 Å². The van der Waals surface area contributed by atoms with Gasteiger partial charge in [0.05, 0.1) is 0 Å². The molecule has 0 fully saturated rings. The quantitative estimate of drug-likeness (QED) is 0.505. The standard InChI is InChI=1S/C16H12BrNO3/c17-12-6-8-13(9-7-12)18-16(21)15(20)10-14(19)11-4-2-1-3-5-11/h1-10,19H,(H,18,21). The number of hydrogen-bond donors (Lipinski definition) is 2. The van der Waals surface area contributed by atoms with Crippen molar-refractivity contribution in [3.63, 3.8) is 0 Å². The third-order valence-corrected chi connectivity index (χ3v) is 3.19. The van der Waals surface area contributed by atoms with Gasteiger partial charge in [0.1, 0.15) is 5.76 Å². The first-order valence-corrected chi connectivity index (χ1v) is 6.92. The first-order chi connectivity index (χ1) is 10.1. The number of rotatable bonds is 4. The van der Waals surface area contributed by atoms with E-state index >= 15 is 0 Å². The Hall–Kier alpha value is -2.40. The predicted molar refractivity (Wildman–Crippen MR) is 84.8 cm³/mol. The highest BCUT2D eigenvalue weighted by molar-refractivity contribution is 9.10. The molecule has 2 aromatic rings. The van der Waals surface area contributed by atoms with Gasteiger partial charge in [-0.1, -0.05) is 46.3 Å². The molecule has 0 aliphatic heterocycles. The van der Waals surface area contributed by atoms with Gasteiger partial charge in [-0.25, -0.2) is 0 Å². The molecule has 0 spiro atoms. The summed E-state index contributed by atoms with van der Waals surface area (Å²) in [6.07, 6.45) is 0.906. The van der Waals surface area contributed by atoms with Gasteiger partial charge < -0.3 is 10.4 Å². The predicted octanol–water partition coefficient (Wildman–Crippen LogP) is 3.56. The molecule has 2 aromatic carbocycles. The van der Waals surface area contributed by atoms with E-state index < -0.39 is 11.7 Å². The van der Waals surface area contributed by atoms with Crippen LogP contribution in [0.15, 0.2) is 65.1 Å². The fourth-order valence-corrected chi connectivity index (χ4v) is 1.87. The summed E-state index contributed by atoms with van der Waals surface area (Å²) in [6.45, 7) is 0. The van der Waals surface area contributed by atoms with Crippen molar-refractivity contribution in [2.45, 2.75) is 0 Å². The lowest BCUT2D eigenvalue weighted by molar-refractivity contribution is -0.131. The minimum absolute atomic E-state index is 0.244. The van der Waals surface area contributed by atoms with Gasteiger partial charge in [0.2, 0.25) is 5.78 Å². The van der Waals surface area contributed by atoms with Crippen molar-refractivity contribution >= 4 is 39.1 Å². The summed E-state index contributed by atoms with van der Waals surface area (Å²) in [5, 5.41) is 12.3. The van der Waals surface area contributed by atoms with Crippen LogP contribution in [0, 0.1) is 0 Å². The van der Waals surface area contributed by atoms with Crippen molar-refractivity contribution in [1.29, 1.82) is 0 Å². The number of benzene rings is 2. The summed E-state index contributed by atoms with van der Waals surface area (Å²) in [7, 11) is 0. The molecule has 0 bridgehead atoms. The van der Waals surface area contributed by atoms with Crippen molar-refractivity contribution in [1.82, 2.24) is 0 Å². The molecule has 0 aliphatic carbocycles. The van der Waals surface area contributed by atoms with E-state index in [4.69, 9.17) is 0 Å². The minimum atomic E-state index is -0.820. The van der Waals surface area contributed by atoms with Gasteiger partial charge in [-0.3, -0.25) is 9.59 Å². The van der Waals surface area contributed by atoms with Crippen LogP contribution in [0.2, 0.25) is 0 Å². The maximum Gasteiger partial charge on any atom is 0.296 e. The van der Waals surface area contributed by atoms with Crippen molar-refractivity contribution in [2.24, 2.45) is 0 Å². The van der Waals surface area contributed by atoms with E-state index in [2.05, 4.69) is 21.2 Å². The Labute approximate surface area is 130 Å². The van der Waals surface area contributed by atoms with Gasteiger partial charge in [-0.05, 0) is 24.3 Å². The molecule has 106 valence electrons. The molecule has 1 amide bonds. The first kappa shape index (κ1) is 15.0. The van der Waals surface area contributed by atoms with E-state index in [-0.39, 0.29) is 5.76 Å². The van der Waals surface area contributed by atoms with Crippen LogP contribution in [0.25, 0.3) is 5.76 Å². The highest BCUT2D eigenvalue weighted by Gasteiger charge is 2.13. The molecule has 2 N–H and O–H groups in total. The molecular weight excluding hydrogens is 334 g/mol. The molecule has 0 heterocycles. The Morgan fingerprint density at radius 2 is 1.62 bits per heavy atom. The molecule has 0 atom stereocenters. The van der Waals surface area contributed by atoms with Crippen LogP contribution >= 0.6 is 15.9 Å². The number of nitrogens with one attached hydrogen (secondary N) is 1. The lowest BCUT2D eigenvalue weighted by Crippen LogP contribution is -2.21. The number of amides is 1. The second-order valence-corrected chi connectivity index (χ2v) is 5.14. The Balaban J connectivity index is 2.06. The zero-order valence-electron chi connectivity index (χ0n) is 10.9. The third kappa shape index (κ3) is 4.29. The molecule has 0 aromatic heterocycles. The first-order valence-electron chi connectivity index (χ1n) is 6.13. The van der Waals surface area contributed by atoms with Crippen LogP contribution in [-0.4, -0.2) is 16.8 Å². The lowest BCUT2D eigenvalue weighted by atomic mass is 10.1. The normalized spacial score (nSPS) is 11.0. The van der Waals surface area contributed by atoms with Crippen molar-refractivity contribution < 1.29 is 14.7 Å². The minimum Gasteiger partial charge on any atom is -0.507 e. The zero-order valence-corrected chi connectivity index (χ0v) is 12.5. The smallest absolute Gasteiger partial charge is 0.296 e. The van der Waals surface area contributed by atoms with Gasteiger partial charge in [-0.2, -0.15) is 0 Å². The number of carbonyl (C=O) groups excluding carboxylic acids is 2. The largest absolute Gasteiger partial charge is 0.507 e. The Morgan fingerprint density at radius 1 is 1.00 bits per heavy atom. The molecule has 0 saturated heterocycles. The number of hydrogen-bond acceptors (Lipinski definition) is 3. The molecule has 4 nitrogen and oxygen atoms in total. The van der Waals surface area contributed by atoms with E-state index in [1.54, 1.807) is 54.6 Å². The average Bonchev–Trinajstić information content (AvgIpc) is 2.50. The zero-order chi connectivity index (χ0) is 15.2. The van der Waals surface area contributed by atoms with Gasteiger partial charge in [-0.15, -0.1) is 0 Å². The topological polar surface area (TPSA) is 66.4 Å². The van der Waals surface area contributed by atoms with Crippen LogP contribution in [0.5, 0.6) is 0 Å². The molecule has 0 radical (unpaired) electrons. The lowest BCUT2D eigenvalue weighted by Gasteiger charge is -2.03. The Morgan fingerprint density at radius 3 is 2.24 bits per heavy atom. The number of anilines is 1. The number of ketones is 1. The second-order valence-electron chi connectivity index (χ2n) is 4.22. The van der Waals surface area contributed by atoms with E-state index in [0.29, 0.717) is 11.3 Å². The molecule has 2 rings (SSSR count). The summed E-state index contributed by atoms with van der Waals surface area (Å²) < 4.78 is 0.869. The highest BCUT2D eigenvalue weighted by Crippen LogP contribution is 2.14. The molecule has 5 heteroatoms. The maximum atomic E-state index is 11.7. The van der Waals surface area contributed by atoms with Crippen molar-refractivity contribution in [3.8, 4) is 0 Å². The summed E-state index contributed by atoms with van der Waals surface area (Å²) >= 11 is 3.28.